The highest BCUT2D eigenvalue weighted by molar-refractivity contribution is 4.63. The molecule has 1 rings (SSSR count). The van der Waals surface area contributed by atoms with Gasteiger partial charge in [-0.2, -0.15) is 0 Å². The van der Waals surface area contributed by atoms with Crippen molar-refractivity contribution in [1.29, 1.82) is 0 Å². The molecule has 1 aliphatic carbocycles. The van der Waals surface area contributed by atoms with Gasteiger partial charge in [0.15, 0.2) is 0 Å². The van der Waals surface area contributed by atoms with Crippen molar-refractivity contribution in [3.05, 3.63) is 0 Å². The molecular weight excluding hydrogens is 230 g/mol. The van der Waals surface area contributed by atoms with Gasteiger partial charge >= 0.3 is 0 Å². The predicted molar refractivity (Wildman–Crippen MR) is 86.7 cm³/mol. The maximum absolute atomic E-state index is 3.58. The van der Waals surface area contributed by atoms with Gasteiger partial charge in [-0.05, 0) is 31.8 Å². The fourth-order valence-corrected chi connectivity index (χ4v) is 3.32. The monoisotopic (exact) mass is 267 g/mol. The summed E-state index contributed by atoms with van der Waals surface area (Å²) >= 11 is 0. The third-order valence-electron chi connectivity index (χ3n) is 4.63. The van der Waals surface area contributed by atoms with Gasteiger partial charge in [0.25, 0.3) is 0 Å². The molecule has 0 spiro atoms. The van der Waals surface area contributed by atoms with E-state index in [2.05, 4.69) is 12.2 Å². The Bertz CT molecular complexity index is 165. The van der Waals surface area contributed by atoms with E-state index in [4.69, 9.17) is 0 Å². The number of hydrogen-bond donors (Lipinski definition) is 1. The molecular formula is C18H37N. The van der Waals surface area contributed by atoms with Gasteiger partial charge < -0.3 is 5.32 Å². The van der Waals surface area contributed by atoms with E-state index in [1.165, 1.54) is 103 Å². The van der Waals surface area contributed by atoms with E-state index >= 15 is 0 Å². The largest absolute Gasteiger partial charge is 0.317 e. The quantitative estimate of drug-likeness (QED) is 0.631. The molecule has 1 saturated carbocycles. The van der Waals surface area contributed by atoms with Crippen molar-refractivity contribution < 1.29 is 0 Å². The van der Waals surface area contributed by atoms with Gasteiger partial charge in [-0.15, -0.1) is 0 Å². The molecule has 19 heavy (non-hydrogen) atoms. The molecule has 1 fully saturated rings. The highest BCUT2D eigenvalue weighted by Gasteiger charge is 2.08. The highest BCUT2D eigenvalue weighted by atomic mass is 14.8. The minimum atomic E-state index is 1.00. The molecule has 1 nitrogen and oxygen atoms in total. The third-order valence-corrected chi connectivity index (χ3v) is 4.63. The minimum Gasteiger partial charge on any atom is -0.317 e. The topological polar surface area (TPSA) is 12.0 Å². The summed E-state index contributed by atoms with van der Waals surface area (Å²) in [6, 6.07) is 0. The Kier molecular flexibility index (Phi) is 11.6. The van der Waals surface area contributed by atoms with Crippen LogP contribution in [0.3, 0.4) is 0 Å². The lowest BCUT2D eigenvalue weighted by atomic mass is 9.92. The van der Waals surface area contributed by atoms with Gasteiger partial charge in [0, 0.05) is 0 Å². The van der Waals surface area contributed by atoms with Crippen LogP contribution >= 0.6 is 0 Å². The van der Waals surface area contributed by atoms with Gasteiger partial charge in [-0.1, -0.05) is 84.0 Å². The lowest BCUT2D eigenvalue weighted by Gasteiger charge is -2.17. The Morgan fingerprint density at radius 2 is 1.16 bits per heavy atom. The Morgan fingerprint density at radius 3 is 1.63 bits per heavy atom. The third kappa shape index (κ3) is 10.4. The Balaban J connectivity index is 2.17. The summed E-state index contributed by atoms with van der Waals surface area (Å²) in [5, 5.41) is 3.58. The molecule has 0 aromatic carbocycles. The average molecular weight is 268 g/mol. The number of rotatable bonds is 5. The standard InChI is InChI=1S/C18H37N/c1-2-16-19-17-15-18-13-11-9-7-5-3-4-6-8-10-12-14-18/h18-19H,2-17H2,1H3. The summed E-state index contributed by atoms with van der Waals surface area (Å²) in [4.78, 5) is 0. The van der Waals surface area contributed by atoms with Crippen molar-refractivity contribution >= 4 is 0 Å². The van der Waals surface area contributed by atoms with Crippen LogP contribution in [-0.2, 0) is 0 Å². The summed E-state index contributed by atoms with van der Waals surface area (Å²) in [7, 11) is 0. The average Bonchev–Trinajstić information content (AvgIpc) is 2.45. The molecule has 0 aliphatic heterocycles. The first kappa shape index (κ1) is 17.0. The summed E-state index contributed by atoms with van der Waals surface area (Å²) in [6.45, 7) is 4.71. The van der Waals surface area contributed by atoms with Crippen LogP contribution in [0.2, 0.25) is 0 Å². The van der Waals surface area contributed by atoms with Crippen LogP contribution < -0.4 is 5.32 Å². The van der Waals surface area contributed by atoms with Crippen LogP contribution in [0.1, 0.15) is 96.8 Å². The van der Waals surface area contributed by atoms with Crippen LogP contribution in [0.4, 0.5) is 0 Å². The molecule has 0 atom stereocenters. The molecule has 0 aromatic rings. The maximum atomic E-state index is 3.58. The van der Waals surface area contributed by atoms with Gasteiger partial charge in [-0.3, -0.25) is 0 Å². The fraction of sp³-hybridized carbons (Fsp3) is 1.00. The Labute approximate surface area is 121 Å². The number of hydrogen-bond acceptors (Lipinski definition) is 1. The predicted octanol–water partition coefficient (Wildman–Crippen LogP) is 5.69. The minimum absolute atomic E-state index is 1.00. The van der Waals surface area contributed by atoms with E-state index in [0.29, 0.717) is 0 Å². The maximum Gasteiger partial charge on any atom is -0.00463 e. The lowest BCUT2D eigenvalue weighted by molar-refractivity contribution is 0.376. The van der Waals surface area contributed by atoms with E-state index in [1.54, 1.807) is 0 Å². The molecule has 0 bridgehead atoms. The Hall–Kier alpha value is -0.0400. The van der Waals surface area contributed by atoms with Crippen molar-refractivity contribution in [2.45, 2.75) is 96.8 Å². The summed E-state index contributed by atoms with van der Waals surface area (Å²) in [5.74, 6) is 1.00. The van der Waals surface area contributed by atoms with E-state index in [-0.39, 0.29) is 0 Å². The summed E-state index contributed by atoms with van der Waals surface area (Å²) in [6.07, 6.45) is 20.5. The zero-order valence-electron chi connectivity index (χ0n) is 13.4. The van der Waals surface area contributed by atoms with Gasteiger partial charge in [0.1, 0.15) is 0 Å². The second-order valence-corrected chi connectivity index (χ2v) is 6.52. The molecule has 0 aromatic heterocycles. The van der Waals surface area contributed by atoms with E-state index in [9.17, 15) is 0 Å². The number of nitrogens with one attached hydrogen (secondary N) is 1. The van der Waals surface area contributed by atoms with Crippen LogP contribution in [0.5, 0.6) is 0 Å². The first-order valence-electron chi connectivity index (χ1n) is 9.14. The van der Waals surface area contributed by atoms with Crippen LogP contribution in [0.25, 0.3) is 0 Å². The van der Waals surface area contributed by atoms with Crippen LogP contribution in [0, 0.1) is 5.92 Å². The van der Waals surface area contributed by atoms with Gasteiger partial charge in [0.2, 0.25) is 0 Å². The highest BCUT2D eigenvalue weighted by Crippen LogP contribution is 2.22. The van der Waals surface area contributed by atoms with Crippen molar-refractivity contribution in [2.24, 2.45) is 5.92 Å². The van der Waals surface area contributed by atoms with E-state index in [1.807, 2.05) is 0 Å². The zero-order valence-corrected chi connectivity index (χ0v) is 13.4. The molecule has 1 heteroatoms. The Morgan fingerprint density at radius 1 is 0.684 bits per heavy atom. The molecule has 1 N–H and O–H groups in total. The molecule has 0 unspecified atom stereocenters. The van der Waals surface area contributed by atoms with E-state index in [0.717, 1.165) is 5.92 Å². The summed E-state index contributed by atoms with van der Waals surface area (Å²) in [5.41, 5.74) is 0. The normalized spacial score (nSPS) is 21.3. The van der Waals surface area contributed by atoms with Crippen LogP contribution in [0.15, 0.2) is 0 Å². The summed E-state index contributed by atoms with van der Waals surface area (Å²) < 4.78 is 0. The molecule has 0 saturated heterocycles. The smallest absolute Gasteiger partial charge is 0.00463 e. The fourth-order valence-electron chi connectivity index (χ4n) is 3.32. The molecule has 1 aliphatic rings. The van der Waals surface area contributed by atoms with Crippen molar-refractivity contribution in [2.75, 3.05) is 13.1 Å². The first-order valence-corrected chi connectivity index (χ1v) is 9.14. The molecule has 0 radical (unpaired) electrons. The molecule has 0 amide bonds. The van der Waals surface area contributed by atoms with Gasteiger partial charge in [0.05, 0.1) is 0 Å². The lowest BCUT2D eigenvalue weighted by Crippen LogP contribution is -2.19. The zero-order chi connectivity index (χ0) is 13.6. The van der Waals surface area contributed by atoms with Gasteiger partial charge in [-0.25, -0.2) is 0 Å². The second kappa shape index (κ2) is 13.0. The molecule has 114 valence electrons. The second-order valence-electron chi connectivity index (χ2n) is 6.52. The van der Waals surface area contributed by atoms with Crippen molar-refractivity contribution in [3.63, 3.8) is 0 Å². The van der Waals surface area contributed by atoms with Crippen molar-refractivity contribution in [3.8, 4) is 0 Å². The SMILES string of the molecule is CCCNCCC1CCCCCCCCCCCC1. The van der Waals surface area contributed by atoms with E-state index < -0.39 is 0 Å². The van der Waals surface area contributed by atoms with Crippen molar-refractivity contribution in [1.82, 2.24) is 5.32 Å². The van der Waals surface area contributed by atoms with Crippen LogP contribution in [-0.4, -0.2) is 13.1 Å². The first-order chi connectivity index (χ1) is 9.43. The molecule has 0 heterocycles.